The third kappa shape index (κ3) is 7.78. The van der Waals surface area contributed by atoms with E-state index in [4.69, 9.17) is 11.6 Å². The fourth-order valence-corrected chi connectivity index (χ4v) is 6.56. The number of benzene rings is 4. The number of phenolic OH excluding ortho intramolecular Hbond substituents is 1. The van der Waals surface area contributed by atoms with Gasteiger partial charge in [-0.2, -0.15) is 40.2 Å². The highest BCUT2D eigenvalue weighted by molar-refractivity contribution is 7.86. The largest absolute Gasteiger partial charge is 0.505 e. The zero-order valence-corrected chi connectivity index (χ0v) is 28.6. The minimum Gasteiger partial charge on any atom is -0.505 e. The van der Waals surface area contributed by atoms with E-state index in [0.29, 0.717) is 36.5 Å². The lowest BCUT2D eigenvalue weighted by Crippen LogP contribution is -2.20. The molecule has 22 heteroatoms. The summed E-state index contributed by atoms with van der Waals surface area (Å²) in [6, 6.07) is 11.5. The van der Waals surface area contributed by atoms with Crippen LogP contribution in [0.3, 0.4) is 0 Å². The van der Waals surface area contributed by atoms with Crippen LogP contribution in [0.15, 0.2) is 85.6 Å². The van der Waals surface area contributed by atoms with Crippen LogP contribution in [0, 0.1) is 12.7 Å². The Bertz CT molecular complexity index is 2560. The molecule has 0 atom stereocenters. The summed E-state index contributed by atoms with van der Waals surface area (Å²) in [7, 11) is -15.1. The Morgan fingerprint density at radius 1 is 0.860 bits per heavy atom. The van der Waals surface area contributed by atoms with Crippen LogP contribution in [0.2, 0.25) is 5.28 Å². The third-order valence-electron chi connectivity index (χ3n) is 6.89. The molecule has 0 saturated heterocycles. The highest BCUT2D eigenvalue weighted by Gasteiger charge is 2.26. The van der Waals surface area contributed by atoms with Gasteiger partial charge in [0.05, 0.1) is 15.5 Å². The van der Waals surface area contributed by atoms with E-state index in [9.17, 15) is 48.4 Å². The van der Waals surface area contributed by atoms with E-state index >= 15 is 0 Å². The van der Waals surface area contributed by atoms with Crippen molar-refractivity contribution in [3.63, 3.8) is 0 Å². The van der Waals surface area contributed by atoms with Crippen LogP contribution in [-0.2, 0) is 30.4 Å². The summed E-state index contributed by atoms with van der Waals surface area (Å²) in [5, 5.41) is 20.0. The number of hydrogen-bond donors (Lipinski definition) is 5. The number of hydrogen-bond acceptors (Lipinski definition) is 14. The molecule has 262 valence electrons. The zero-order chi connectivity index (χ0) is 36.8. The first-order chi connectivity index (χ1) is 23.3. The number of aromatic hydroxyl groups is 1. The summed E-state index contributed by atoms with van der Waals surface area (Å²) >= 11 is 6.22. The number of rotatable bonds is 10. The second-order valence-corrected chi connectivity index (χ2v) is 14.9. The predicted molar refractivity (Wildman–Crippen MR) is 178 cm³/mol. The zero-order valence-electron chi connectivity index (χ0n) is 25.4. The van der Waals surface area contributed by atoms with Gasteiger partial charge >= 0.3 is 0 Å². The molecule has 4 aromatic carbocycles. The summed E-state index contributed by atoms with van der Waals surface area (Å²) in [6.07, 6.45) is 0. The standard InChI is InChI=1S/C28H23ClFN7O10S3/c1-3-37(16-6-4-5-14(2)9-16)28-33-26(29)32-27(34-28)31-21-13-18(49(42,43)44)10-15-11-22(50(45,46)47)24(25(38)23(15)21)36-35-20-12-17(48(39,40)41)7-8-19(20)30/h4-13,38H,3H2,1-2H3,(H,39,40,41)(H,42,43,44)(H,45,46,47)(H,31,32,33,34). The number of aromatic nitrogens is 3. The van der Waals surface area contributed by atoms with Crippen LogP contribution in [-0.4, -0.2) is 65.5 Å². The van der Waals surface area contributed by atoms with Crippen LogP contribution in [0.4, 0.5) is 39.0 Å². The molecular formula is C28H23ClFN7O10S3. The molecule has 0 unspecified atom stereocenters. The molecule has 5 aromatic rings. The average molecular weight is 768 g/mol. The third-order valence-corrected chi connectivity index (χ3v) is 9.60. The summed E-state index contributed by atoms with van der Waals surface area (Å²) in [5.74, 6) is -2.53. The Kier molecular flexibility index (Phi) is 9.77. The number of aryl methyl sites for hydroxylation is 1. The maximum atomic E-state index is 14.5. The van der Waals surface area contributed by atoms with E-state index in [1.165, 1.54) is 0 Å². The molecule has 5 rings (SSSR count). The Morgan fingerprint density at radius 3 is 2.18 bits per heavy atom. The first-order valence-electron chi connectivity index (χ1n) is 13.8. The highest BCUT2D eigenvalue weighted by atomic mass is 35.5. The molecule has 0 saturated carbocycles. The van der Waals surface area contributed by atoms with Gasteiger partial charge in [-0.05, 0) is 84.9 Å². The number of fused-ring (bicyclic) bond motifs is 1. The van der Waals surface area contributed by atoms with Crippen LogP contribution < -0.4 is 10.2 Å². The molecule has 17 nitrogen and oxygen atoms in total. The van der Waals surface area contributed by atoms with E-state index in [0.717, 1.165) is 17.7 Å². The Morgan fingerprint density at radius 2 is 1.56 bits per heavy atom. The van der Waals surface area contributed by atoms with Gasteiger partial charge in [0.1, 0.15) is 16.3 Å². The van der Waals surface area contributed by atoms with Crippen LogP contribution in [0.5, 0.6) is 5.75 Å². The van der Waals surface area contributed by atoms with Gasteiger partial charge in [0, 0.05) is 17.6 Å². The number of phenols is 1. The van der Waals surface area contributed by atoms with Gasteiger partial charge in [-0.15, -0.1) is 10.2 Å². The van der Waals surface area contributed by atoms with Crippen molar-refractivity contribution in [2.75, 3.05) is 16.8 Å². The second-order valence-electron chi connectivity index (χ2n) is 10.3. The molecular weight excluding hydrogens is 745 g/mol. The molecule has 0 fully saturated rings. The van der Waals surface area contributed by atoms with Crippen molar-refractivity contribution in [1.29, 1.82) is 0 Å². The summed E-state index contributed by atoms with van der Waals surface area (Å²) in [4.78, 5) is 11.4. The Balaban J connectivity index is 1.74. The Labute approximate surface area is 288 Å². The monoisotopic (exact) mass is 767 g/mol. The average Bonchev–Trinajstić information content (AvgIpc) is 2.99. The normalized spacial score (nSPS) is 12.5. The lowest BCUT2D eigenvalue weighted by Gasteiger charge is -2.22. The number of nitrogens with zero attached hydrogens (tertiary/aromatic N) is 6. The smallest absolute Gasteiger partial charge is 0.296 e. The van der Waals surface area contributed by atoms with Gasteiger partial charge in [-0.25, -0.2) is 4.39 Å². The van der Waals surface area contributed by atoms with Crippen molar-refractivity contribution in [3.8, 4) is 5.75 Å². The second kappa shape index (κ2) is 13.4. The maximum absolute atomic E-state index is 14.5. The topological polar surface area (TPSA) is 262 Å². The van der Waals surface area contributed by atoms with Crippen molar-refractivity contribution in [3.05, 3.63) is 77.3 Å². The molecule has 50 heavy (non-hydrogen) atoms. The minimum absolute atomic E-state index is 0.0392. The molecule has 0 amide bonds. The Hall–Kier alpha value is -4.90. The van der Waals surface area contributed by atoms with Crippen LogP contribution in [0.1, 0.15) is 12.5 Å². The highest BCUT2D eigenvalue weighted by Crippen LogP contribution is 2.46. The lowest BCUT2D eigenvalue weighted by molar-refractivity contribution is 0.472. The molecule has 0 spiro atoms. The molecule has 1 aromatic heterocycles. The van der Waals surface area contributed by atoms with E-state index in [-0.39, 0.29) is 22.9 Å². The number of halogens is 2. The van der Waals surface area contributed by atoms with E-state index in [2.05, 4.69) is 30.5 Å². The minimum atomic E-state index is -5.30. The SMILES string of the molecule is CCN(c1cccc(C)c1)c1nc(Cl)nc(Nc2cc(S(=O)(=O)O)cc3cc(S(=O)(=O)O)c(N=Nc4cc(S(=O)(=O)O)ccc4F)c(O)c23)n1. The van der Waals surface area contributed by atoms with Crippen LogP contribution in [0.25, 0.3) is 10.8 Å². The first kappa shape index (κ1) is 36.4. The first-order valence-corrected chi connectivity index (χ1v) is 18.5. The van der Waals surface area contributed by atoms with Crippen LogP contribution >= 0.6 is 11.6 Å². The maximum Gasteiger partial charge on any atom is 0.296 e. The number of anilines is 4. The van der Waals surface area contributed by atoms with Crippen molar-refractivity contribution in [2.24, 2.45) is 10.2 Å². The molecule has 5 N–H and O–H groups in total. The quantitative estimate of drug-likeness (QED) is 0.0819. The summed E-state index contributed by atoms with van der Waals surface area (Å²) in [6.45, 7) is 4.03. The van der Waals surface area contributed by atoms with E-state index < -0.39 is 78.8 Å². The van der Waals surface area contributed by atoms with Gasteiger partial charge in [0.2, 0.25) is 17.2 Å². The van der Waals surface area contributed by atoms with E-state index in [1.807, 2.05) is 26.0 Å². The van der Waals surface area contributed by atoms with Crippen molar-refractivity contribution in [1.82, 2.24) is 15.0 Å². The van der Waals surface area contributed by atoms with E-state index in [1.54, 1.807) is 17.0 Å². The number of azo groups is 1. The lowest BCUT2D eigenvalue weighted by atomic mass is 10.1. The van der Waals surface area contributed by atoms with Crippen molar-refractivity contribution in [2.45, 2.75) is 28.5 Å². The molecule has 0 radical (unpaired) electrons. The fraction of sp³-hybridized carbons (Fsp3) is 0.107. The van der Waals surface area contributed by atoms with Gasteiger partial charge in [-0.1, -0.05) is 12.1 Å². The van der Waals surface area contributed by atoms with Gasteiger partial charge in [0.15, 0.2) is 11.6 Å². The summed E-state index contributed by atoms with van der Waals surface area (Å²) in [5.41, 5.74) is -0.608. The number of nitrogens with one attached hydrogen (secondary N) is 1. The van der Waals surface area contributed by atoms with Gasteiger partial charge < -0.3 is 15.3 Å². The predicted octanol–water partition coefficient (Wildman–Crippen LogP) is 5.89. The molecule has 0 aliphatic rings. The molecule has 1 heterocycles. The van der Waals surface area contributed by atoms with Crippen molar-refractivity contribution < 1.29 is 48.4 Å². The molecule has 0 bridgehead atoms. The van der Waals surface area contributed by atoms with Gasteiger partial charge in [-0.3, -0.25) is 13.7 Å². The van der Waals surface area contributed by atoms with Gasteiger partial charge in [0.25, 0.3) is 30.4 Å². The summed E-state index contributed by atoms with van der Waals surface area (Å²) < 4.78 is 116. The fourth-order valence-electron chi connectivity index (χ4n) is 4.71. The van der Waals surface area contributed by atoms with Crippen molar-refractivity contribution >= 4 is 87.4 Å². The molecule has 0 aliphatic carbocycles. The molecule has 0 aliphatic heterocycles.